The standard InChI is InChI=1S/C17H25N5O/c1-13-7-6-8-14(2)16(13)22-15(18-19-20-22)11-21(3)12-17(23)9-4-5-10-17/h6-8,23H,4-5,9-12H2,1-3H3. The van der Waals surface area contributed by atoms with E-state index in [0.29, 0.717) is 13.1 Å². The summed E-state index contributed by atoms with van der Waals surface area (Å²) in [6.07, 6.45) is 4.01. The number of aromatic nitrogens is 4. The van der Waals surface area contributed by atoms with E-state index < -0.39 is 5.60 Å². The number of hydrogen-bond donors (Lipinski definition) is 1. The maximum Gasteiger partial charge on any atom is 0.170 e. The van der Waals surface area contributed by atoms with Gasteiger partial charge in [-0.1, -0.05) is 31.0 Å². The molecule has 1 saturated carbocycles. The molecule has 0 aliphatic heterocycles. The highest BCUT2D eigenvalue weighted by Gasteiger charge is 2.32. The Labute approximate surface area is 137 Å². The van der Waals surface area contributed by atoms with Crippen LogP contribution in [0.1, 0.15) is 42.6 Å². The minimum atomic E-state index is -0.550. The Morgan fingerprint density at radius 2 is 1.87 bits per heavy atom. The number of para-hydroxylation sites is 1. The van der Waals surface area contributed by atoms with E-state index in [1.165, 1.54) is 0 Å². The first-order valence-corrected chi connectivity index (χ1v) is 8.23. The Morgan fingerprint density at radius 3 is 2.52 bits per heavy atom. The summed E-state index contributed by atoms with van der Waals surface area (Å²) < 4.78 is 1.82. The van der Waals surface area contributed by atoms with Crippen molar-refractivity contribution < 1.29 is 5.11 Å². The summed E-state index contributed by atoms with van der Waals surface area (Å²) in [6, 6.07) is 6.18. The lowest BCUT2D eigenvalue weighted by molar-refractivity contribution is 0.0138. The van der Waals surface area contributed by atoms with E-state index in [-0.39, 0.29) is 0 Å². The molecule has 1 aliphatic rings. The van der Waals surface area contributed by atoms with Crippen molar-refractivity contribution in [1.82, 2.24) is 25.1 Å². The van der Waals surface area contributed by atoms with E-state index >= 15 is 0 Å². The zero-order valence-corrected chi connectivity index (χ0v) is 14.2. The molecule has 6 nitrogen and oxygen atoms in total. The van der Waals surface area contributed by atoms with Crippen LogP contribution in [0.25, 0.3) is 5.69 Å². The SMILES string of the molecule is Cc1cccc(C)c1-n1nnnc1CN(C)CC1(O)CCCC1. The number of benzene rings is 1. The first kappa shape index (κ1) is 16.1. The van der Waals surface area contributed by atoms with E-state index in [1.54, 1.807) is 0 Å². The molecule has 1 heterocycles. The molecule has 1 aromatic carbocycles. The van der Waals surface area contributed by atoms with Crippen LogP contribution in [0, 0.1) is 13.8 Å². The summed E-state index contributed by atoms with van der Waals surface area (Å²) in [5.74, 6) is 0.798. The number of nitrogens with zero attached hydrogens (tertiary/aromatic N) is 5. The number of rotatable bonds is 5. The molecule has 1 aliphatic carbocycles. The smallest absolute Gasteiger partial charge is 0.170 e. The molecule has 1 aromatic heterocycles. The first-order chi connectivity index (χ1) is 11.0. The van der Waals surface area contributed by atoms with Crippen molar-refractivity contribution in [3.8, 4) is 5.69 Å². The highest BCUT2D eigenvalue weighted by molar-refractivity contribution is 5.46. The number of tetrazole rings is 1. The van der Waals surface area contributed by atoms with Gasteiger partial charge >= 0.3 is 0 Å². The fraction of sp³-hybridized carbons (Fsp3) is 0.588. The molecule has 0 atom stereocenters. The van der Waals surface area contributed by atoms with Crippen molar-refractivity contribution in [1.29, 1.82) is 0 Å². The summed E-state index contributed by atoms with van der Waals surface area (Å²) in [4.78, 5) is 2.11. The van der Waals surface area contributed by atoms with Gasteiger partial charge in [0.15, 0.2) is 5.82 Å². The number of likely N-dealkylation sites (N-methyl/N-ethyl adjacent to an activating group) is 1. The molecule has 2 aromatic rings. The lowest BCUT2D eigenvalue weighted by Gasteiger charge is -2.28. The minimum absolute atomic E-state index is 0.550. The van der Waals surface area contributed by atoms with Crippen molar-refractivity contribution in [3.63, 3.8) is 0 Å². The number of aliphatic hydroxyl groups is 1. The zero-order chi connectivity index (χ0) is 16.4. The highest BCUT2D eigenvalue weighted by atomic mass is 16.3. The van der Waals surface area contributed by atoms with Crippen LogP contribution in [0.3, 0.4) is 0 Å². The Hall–Kier alpha value is -1.79. The monoisotopic (exact) mass is 315 g/mol. The van der Waals surface area contributed by atoms with Crippen molar-refractivity contribution in [2.75, 3.05) is 13.6 Å². The molecule has 1 N–H and O–H groups in total. The van der Waals surface area contributed by atoms with Crippen LogP contribution in [-0.2, 0) is 6.54 Å². The van der Waals surface area contributed by atoms with Crippen molar-refractivity contribution in [3.05, 3.63) is 35.2 Å². The Bertz CT molecular complexity index is 655. The van der Waals surface area contributed by atoms with E-state index in [1.807, 2.05) is 17.8 Å². The fourth-order valence-corrected chi connectivity index (χ4v) is 3.61. The second-order valence-corrected chi connectivity index (χ2v) is 6.85. The molecular weight excluding hydrogens is 290 g/mol. The van der Waals surface area contributed by atoms with Gasteiger partial charge in [0.2, 0.25) is 0 Å². The lowest BCUT2D eigenvalue weighted by Crippen LogP contribution is -2.39. The summed E-state index contributed by atoms with van der Waals surface area (Å²) in [5, 5.41) is 22.8. The van der Waals surface area contributed by atoms with Crippen molar-refractivity contribution >= 4 is 0 Å². The van der Waals surface area contributed by atoms with Gasteiger partial charge in [-0.3, -0.25) is 4.90 Å². The van der Waals surface area contributed by atoms with Crippen LogP contribution < -0.4 is 0 Å². The van der Waals surface area contributed by atoms with Crippen LogP contribution in [0.15, 0.2) is 18.2 Å². The average molecular weight is 315 g/mol. The summed E-state index contributed by atoms with van der Waals surface area (Å²) in [6.45, 7) is 5.41. The molecule has 0 amide bonds. The fourth-order valence-electron chi connectivity index (χ4n) is 3.61. The van der Waals surface area contributed by atoms with Gasteiger partial charge < -0.3 is 5.11 Å². The molecule has 6 heteroatoms. The van der Waals surface area contributed by atoms with E-state index in [4.69, 9.17) is 0 Å². The summed E-state index contributed by atoms with van der Waals surface area (Å²) >= 11 is 0. The van der Waals surface area contributed by atoms with Gasteiger partial charge in [-0.25, -0.2) is 0 Å². The Kier molecular flexibility index (Phi) is 4.46. The molecule has 0 spiro atoms. The van der Waals surface area contributed by atoms with Crippen LogP contribution >= 0.6 is 0 Å². The van der Waals surface area contributed by atoms with Gasteiger partial charge in [-0.15, -0.1) is 5.10 Å². The van der Waals surface area contributed by atoms with Gasteiger partial charge in [-0.2, -0.15) is 4.68 Å². The highest BCUT2D eigenvalue weighted by Crippen LogP contribution is 2.30. The third-order valence-electron chi connectivity index (χ3n) is 4.70. The molecule has 0 bridgehead atoms. The predicted molar refractivity (Wildman–Crippen MR) is 88.4 cm³/mol. The number of hydrogen-bond acceptors (Lipinski definition) is 5. The van der Waals surface area contributed by atoms with Crippen LogP contribution in [0.5, 0.6) is 0 Å². The van der Waals surface area contributed by atoms with Crippen molar-refractivity contribution in [2.24, 2.45) is 0 Å². The summed E-state index contributed by atoms with van der Waals surface area (Å²) in [7, 11) is 2.01. The molecular formula is C17H25N5O. The second kappa shape index (κ2) is 6.37. The van der Waals surface area contributed by atoms with E-state index in [9.17, 15) is 5.11 Å². The molecule has 0 unspecified atom stereocenters. The van der Waals surface area contributed by atoms with Crippen LogP contribution in [-0.4, -0.2) is 49.4 Å². The maximum absolute atomic E-state index is 10.6. The average Bonchev–Trinajstić information content (AvgIpc) is 3.08. The largest absolute Gasteiger partial charge is 0.389 e. The zero-order valence-electron chi connectivity index (χ0n) is 14.2. The molecule has 3 rings (SSSR count). The minimum Gasteiger partial charge on any atom is -0.389 e. The maximum atomic E-state index is 10.6. The Morgan fingerprint density at radius 1 is 1.22 bits per heavy atom. The molecule has 0 radical (unpaired) electrons. The molecule has 0 saturated heterocycles. The molecule has 23 heavy (non-hydrogen) atoms. The quantitative estimate of drug-likeness (QED) is 0.914. The van der Waals surface area contributed by atoms with E-state index in [2.05, 4.69) is 46.4 Å². The first-order valence-electron chi connectivity index (χ1n) is 8.23. The van der Waals surface area contributed by atoms with E-state index in [0.717, 1.165) is 48.3 Å². The molecule has 1 fully saturated rings. The third kappa shape index (κ3) is 3.43. The molecule has 124 valence electrons. The van der Waals surface area contributed by atoms with Gasteiger partial charge in [0.1, 0.15) is 0 Å². The normalized spacial score (nSPS) is 17.1. The van der Waals surface area contributed by atoms with Crippen LogP contribution in [0.4, 0.5) is 0 Å². The summed E-state index contributed by atoms with van der Waals surface area (Å²) in [5.41, 5.74) is 2.79. The van der Waals surface area contributed by atoms with Gasteiger partial charge in [0.25, 0.3) is 0 Å². The topological polar surface area (TPSA) is 67.1 Å². The van der Waals surface area contributed by atoms with Gasteiger partial charge in [0, 0.05) is 6.54 Å². The number of aryl methyl sites for hydroxylation is 2. The lowest BCUT2D eigenvalue weighted by atomic mass is 10.0. The second-order valence-electron chi connectivity index (χ2n) is 6.85. The van der Waals surface area contributed by atoms with Gasteiger partial charge in [-0.05, 0) is 55.3 Å². The van der Waals surface area contributed by atoms with Gasteiger partial charge in [0.05, 0.1) is 17.8 Å². The Balaban J connectivity index is 1.79. The van der Waals surface area contributed by atoms with Crippen molar-refractivity contribution in [2.45, 2.75) is 51.7 Å². The van der Waals surface area contributed by atoms with Crippen LogP contribution in [0.2, 0.25) is 0 Å². The predicted octanol–water partition coefficient (Wildman–Crippen LogP) is 2.02. The third-order valence-corrected chi connectivity index (χ3v) is 4.70.